The van der Waals surface area contributed by atoms with Gasteiger partial charge in [0.15, 0.2) is 0 Å². The van der Waals surface area contributed by atoms with E-state index in [1.54, 1.807) is 11.8 Å². The maximum Gasteiger partial charge on any atom is 0.338 e. The van der Waals surface area contributed by atoms with Crippen LogP contribution in [-0.4, -0.2) is 34.7 Å². The zero-order valence-electron chi connectivity index (χ0n) is 12.0. The molecule has 1 unspecified atom stereocenters. The first-order valence-electron chi connectivity index (χ1n) is 6.62. The quantitative estimate of drug-likeness (QED) is 0.675. The second-order valence-corrected chi connectivity index (χ2v) is 5.88. The third-order valence-corrected chi connectivity index (χ3v) is 3.67. The number of urea groups is 1. The molecule has 0 aliphatic carbocycles. The molecule has 0 aliphatic heterocycles. The highest BCUT2D eigenvalue weighted by Gasteiger charge is 2.12. The van der Waals surface area contributed by atoms with Crippen molar-refractivity contribution in [3.63, 3.8) is 0 Å². The molecule has 1 atom stereocenters. The predicted molar refractivity (Wildman–Crippen MR) is 82.6 cm³/mol. The average molecular weight is 314 g/mol. The van der Waals surface area contributed by atoms with Crippen molar-refractivity contribution in [2.45, 2.75) is 26.3 Å². The molecule has 3 N–H and O–H groups in total. The summed E-state index contributed by atoms with van der Waals surface area (Å²) in [7, 11) is 0. The molecule has 7 heteroatoms. The number of aromatic carboxylic acids is 1. The Labute approximate surface area is 127 Å². The summed E-state index contributed by atoms with van der Waals surface area (Å²) in [4.78, 5) is 22.4. The van der Waals surface area contributed by atoms with Crippen LogP contribution in [0.4, 0.5) is 14.9 Å². The molecule has 21 heavy (non-hydrogen) atoms. The number of rotatable bonds is 7. The third-order valence-electron chi connectivity index (χ3n) is 2.73. The number of anilines is 1. The van der Waals surface area contributed by atoms with Crippen molar-refractivity contribution in [2.75, 3.05) is 16.8 Å². The molecule has 0 aliphatic rings. The monoisotopic (exact) mass is 314 g/mol. The molecule has 0 bridgehead atoms. The van der Waals surface area contributed by atoms with E-state index in [-0.39, 0.29) is 11.7 Å². The lowest BCUT2D eigenvalue weighted by Crippen LogP contribution is -2.36. The summed E-state index contributed by atoms with van der Waals surface area (Å²) in [5.74, 6) is -0.230. The molecule has 0 saturated carbocycles. The van der Waals surface area contributed by atoms with Gasteiger partial charge in [0.25, 0.3) is 0 Å². The molecule has 0 fully saturated rings. The molecule has 1 aromatic rings. The van der Waals surface area contributed by atoms with Gasteiger partial charge >= 0.3 is 12.0 Å². The first-order valence-corrected chi connectivity index (χ1v) is 7.77. The smallest absolute Gasteiger partial charge is 0.338 e. The van der Waals surface area contributed by atoms with Crippen LogP contribution in [0.15, 0.2) is 18.2 Å². The minimum Gasteiger partial charge on any atom is -0.478 e. The molecule has 0 heterocycles. The zero-order chi connectivity index (χ0) is 15.8. The van der Waals surface area contributed by atoms with E-state index in [2.05, 4.69) is 17.6 Å². The van der Waals surface area contributed by atoms with Crippen LogP contribution in [-0.2, 0) is 0 Å². The van der Waals surface area contributed by atoms with Crippen LogP contribution in [0.1, 0.15) is 30.6 Å². The largest absolute Gasteiger partial charge is 0.478 e. The lowest BCUT2D eigenvalue weighted by Gasteiger charge is -2.14. The first kappa shape index (κ1) is 17.3. The van der Waals surface area contributed by atoms with Gasteiger partial charge in [-0.2, -0.15) is 11.8 Å². The van der Waals surface area contributed by atoms with Gasteiger partial charge < -0.3 is 15.7 Å². The van der Waals surface area contributed by atoms with Gasteiger partial charge in [-0.05, 0) is 43.0 Å². The van der Waals surface area contributed by atoms with E-state index in [1.807, 2.05) is 6.92 Å². The molecule has 5 nitrogen and oxygen atoms in total. The number of carboxylic acids is 1. The van der Waals surface area contributed by atoms with Crippen molar-refractivity contribution in [1.82, 2.24) is 5.32 Å². The van der Waals surface area contributed by atoms with Crippen LogP contribution in [0, 0.1) is 5.82 Å². The minimum atomic E-state index is -1.34. The van der Waals surface area contributed by atoms with Crippen molar-refractivity contribution in [3.05, 3.63) is 29.6 Å². The second kappa shape index (κ2) is 8.51. The third kappa shape index (κ3) is 6.03. The van der Waals surface area contributed by atoms with Crippen molar-refractivity contribution in [1.29, 1.82) is 0 Å². The fourth-order valence-electron chi connectivity index (χ4n) is 1.63. The van der Waals surface area contributed by atoms with Gasteiger partial charge in [-0.3, -0.25) is 0 Å². The normalized spacial score (nSPS) is 11.8. The summed E-state index contributed by atoms with van der Waals surface area (Å²) in [5, 5.41) is 13.9. The number of thioether (sulfide) groups is 1. The van der Waals surface area contributed by atoms with Crippen LogP contribution in [0.5, 0.6) is 0 Å². The summed E-state index contributed by atoms with van der Waals surface area (Å²) < 4.78 is 13.5. The predicted octanol–water partition coefficient (Wildman–Crippen LogP) is 3.18. The molecule has 0 saturated heterocycles. The van der Waals surface area contributed by atoms with E-state index >= 15 is 0 Å². The number of amides is 2. The minimum absolute atomic E-state index is 0.00666. The molecular weight excluding hydrogens is 295 g/mol. The maximum absolute atomic E-state index is 13.5. The van der Waals surface area contributed by atoms with E-state index < -0.39 is 23.4 Å². The zero-order valence-corrected chi connectivity index (χ0v) is 12.8. The van der Waals surface area contributed by atoms with Gasteiger partial charge in [-0.15, -0.1) is 0 Å². The Morgan fingerprint density at radius 1 is 1.43 bits per heavy atom. The van der Waals surface area contributed by atoms with Crippen LogP contribution in [0.25, 0.3) is 0 Å². The molecule has 2 amide bonds. The molecular formula is C14H19FN2O3S. The Balaban J connectivity index is 2.51. The topological polar surface area (TPSA) is 78.4 Å². The fraction of sp³-hybridized carbons (Fsp3) is 0.429. The van der Waals surface area contributed by atoms with Crippen molar-refractivity contribution in [3.8, 4) is 0 Å². The second-order valence-electron chi connectivity index (χ2n) is 4.48. The Kier molecular flexibility index (Phi) is 7.01. The average Bonchev–Trinajstić information content (AvgIpc) is 2.38. The van der Waals surface area contributed by atoms with Gasteiger partial charge in [0.05, 0.1) is 5.56 Å². The molecule has 1 aromatic carbocycles. The molecule has 0 spiro atoms. The molecule has 116 valence electrons. The van der Waals surface area contributed by atoms with Crippen molar-refractivity contribution in [2.24, 2.45) is 0 Å². The standard InChI is InChI=1S/C14H19FN2O3S/c1-3-21-7-6-9(2)16-14(20)17-10-4-5-11(13(18)19)12(15)8-10/h4-5,8-9H,3,6-7H2,1-2H3,(H,18,19)(H2,16,17,20). The summed E-state index contributed by atoms with van der Waals surface area (Å²) in [6, 6.07) is 3.03. The molecule has 1 rings (SSSR count). The fourth-order valence-corrected chi connectivity index (χ4v) is 2.44. The Morgan fingerprint density at radius 2 is 2.14 bits per heavy atom. The number of benzene rings is 1. The highest BCUT2D eigenvalue weighted by molar-refractivity contribution is 7.99. The van der Waals surface area contributed by atoms with Gasteiger partial charge in [-0.1, -0.05) is 6.92 Å². The van der Waals surface area contributed by atoms with Crippen molar-refractivity contribution >= 4 is 29.4 Å². The number of nitrogens with one attached hydrogen (secondary N) is 2. The summed E-state index contributed by atoms with van der Waals surface area (Å²) in [6.07, 6.45) is 0.845. The van der Waals surface area contributed by atoms with E-state index in [4.69, 9.17) is 5.11 Å². The van der Waals surface area contributed by atoms with Gasteiger partial charge in [0.1, 0.15) is 5.82 Å². The number of halogens is 1. The van der Waals surface area contributed by atoms with Crippen LogP contribution in [0.3, 0.4) is 0 Å². The number of carbonyl (C=O) groups excluding carboxylic acids is 1. The molecule has 0 aromatic heterocycles. The Morgan fingerprint density at radius 3 is 2.71 bits per heavy atom. The van der Waals surface area contributed by atoms with Crippen LogP contribution in [0.2, 0.25) is 0 Å². The van der Waals surface area contributed by atoms with Crippen LogP contribution >= 0.6 is 11.8 Å². The number of hydrogen-bond acceptors (Lipinski definition) is 3. The number of hydrogen-bond donors (Lipinski definition) is 3. The first-order chi connectivity index (χ1) is 9.93. The lowest BCUT2D eigenvalue weighted by molar-refractivity contribution is 0.0692. The maximum atomic E-state index is 13.5. The van der Waals surface area contributed by atoms with Gasteiger partial charge in [0, 0.05) is 11.7 Å². The van der Waals surface area contributed by atoms with E-state index in [0.717, 1.165) is 30.1 Å². The molecule has 0 radical (unpaired) electrons. The van der Waals surface area contributed by atoms with Gasteiger partial charge in [-0.25, -0.2) is 14.0 Å². The van der Waals surface area contributed by atoms with Crippen molar-refractivity contribution < 1.29 is 19.1 Å². The van der Waals surface area contributed by atoms with E-state index in [1.165, 1.54) is 6.07 Å². The SMILES string of the molecule is CCSCCC(C)NC(=O)Nc1ccc(C(=O)O)c(F)c1. The van der Waals surface area contributed by atoms with Crippen LogP contribution < -0.4 is 10.6 Å². The Bertz CT molecular complexity index is 511. The highest BCUT2D eigenvalue weighted by atomic mass is 32.2. The summed E-state index contributed by atoms with van der Waals surface area (Å²) in [6.45, 7) is 3.97. The lowest BCUT2D eigenvalue weighted by atomic mass is 10.2. The van der Waals surface area contributed by atoms with E-state index in [9.17, 15) is 14.0 Å². The number of carboxylic acid groups (broad SMARTS) is 1. The number of carbonyl (C=O) groups is 2. The Hall–Kier alpha value is -1.76. The van der Waals surface area contributed by atoms with Gasteiger partial charge in [0.2, 0.25) is 0 Å². The van der Waals surface area contributed by atoms with E-state index in [0.29, 0.717) is 0 Å². The highest BCUT2D eigenvalue weighted by Crippen LogP contribution is 2.14. The summed E-state index contributed by atoms with van der Waals surface area (Å²) >= 11 is 1.80. The summed E-state index contributed by atoms with van der Waals surface area (Å²) in [5.41, 5.74) is -0.212.